The highest BCUT2D eigenvalue weighted by atomic mass is 35.5. The summed E-state index contributed by atoms with van der Waals surface area (Å²) in [7, 11) is -3.66. The number of rotatable bonds is 10. The van der Waals surface area contributed by atoms with E-state index in [0.29, 0.717) is 39.5 Å². The molecule has 0 spiro atoms. The highest BCUT2D eigenvalue weighted by Crippen LogP contribution is 2.36. The maximum atomic E-state index is 12.6. The summed E-state index contributed by atoms with van der Waals surface area (Å²) in [5, 5.41) is 3.79. The molecule has 1 aliphatic rings. The third kappa shape index (κ3) is 6.35. The fourth-order valence-corrected chi connectivity index (χ4v) is 5.00. The Morgan fingerprint density at radius 1 is 1.13 bits per heavy atom. The number of benzene rings is 2. The minimum Gasteiger partial charge on any atom is -0.454 e. The fourth-order valence-electron chi connectivity index (χ4n) is 2.81. The van der Waals surface area contributed by atoms with Gasteiger partial charge < -0.3 is 14.8 Å². The van der Waals surface area contributed by atoms with Crippen LogP contribution in [0.3, 0.4) is 0 Å². The lowest BCUT2D eigenvalue weighted by molar-refractivity contribution is -0.119. The number of hydrogen-bond acceptors (Lipinski definition) is 6. The number of fused-ring (bicyclic) bond motifs is 1. The molecule has 0 saturated carbocycles. The second kappa shape index (κ2) is 10.7. The van der Waals surface area contributed by atoms with E-state index in [-0.39, 0.29) is 25.0 Å². The van der Waals surface area contributed by atoms with Crippen molar-refractivity contribution in [1.29, 1.82) is 0 Å². The number of amides is 1. The first-order chi connectivity index (χ1) is 14.8. The Bertz CT molecular complexity index is 1050. The van der Waals surface area contributed by atoms with E-state index < -0.39 is 10.0 Å². The van der Waals surface area contributed by atoms with E-state index in [9.17, 15) is 13.2 Å². The van der Waals surface area contributed by atoms with E-state index in [1.807, 2.05) is 12.1 Å². The third-order valence-electron chi connectivity index (χ3n) is 4.45. The zero-order valence-corrected chi connectivity index (χ0v) is 19.9. The number of anilines is 1. The van der Waals surface area contributed by atoms with Crippen molar-refractivity contribution in [3.05, 3.63) is 52.0 Å². The topological polar surface area (TPSA) is 84.9 Å². The lowest BCUT2D eigenvalue weighted by Gasteiger charge is -2.23. The first kappa shape index (κ1) is 23.8. The molecule has 0 bridgehead atoms. The molecule has 1 N–H and O–H groups in total. The molecule has 0 fully saturated rings. The summed E-state index contributed by atoms with van der Waals surface area (Å²) >= 11 is 13.5. The van der Waals surface area contributed by atoms with Crippen LogP contribution in [0.2, 0.25) is 10.0 Å². The van der Waals surface area contributed by atoms with Crippen LogP contribution in [-0.2, 0) is 20.6 Å². The predicted octanol–water partition coefficient (Wildman–Crippen LogP) is 3.93. The maximum Gasteiger partial charge on any atom is 0.240 e. The van der Waals surface area contributed by atoms with Gasteiger partial charge in [-0.3, -0.25) is 9.10 Å². The molecule has 31 heavy (non-hydrogen) atoms. The lowest BCUT2D eigenvalue weighted by Crippen LogP contribution is -2.42. The van der Waals surface area contributed by atoms with Gasteiger partial charge in [0.05, 0.1) is 21.5 Å². The smallest absolute Gasteiger partial charge is 0.240 e. The van der Waals surface area contributed by atoms with E-state index in [0.717, 1.165) is 15.6 Å². The average molecular weight is 505 g/mol. The molecular formula is C20H22Cl2N2O5S2. The second-order valence-electron chi connectivity index (χ2n) is 6.60. The average Bonchev–Trinajstić information content (AvgIpc) is 3.22. The molecule has 0 unspecified atom stereocenters. The van der Waals surface area contributed by atoms with Crippen molar-refractivity contribution in [3.8, 4) is 11.5 Å². The molecule has 2 aromatic rings. The van der Waals surface area contributed by atoms with Gasteiger partial charge in [0, 0.05) is 24.1 Å². The van der Waals surface area contributed by atoms with Crippen LogP contribution >= 0.6 is 35.0 Å². The predicted molar refractivity (Wildman–Crippen MR) is 125 cm³/mol. The van der Waals surface area contributed by atoms with Crippen molar-refractivity contribution >= 4 is 56.6 Å². The lowest BCUT2D eigenvalue weighted by atomic mass is 10.2. The highest BCUT2D eigenvalue weighted by Gasteiger charge is 2.25. The summed E-state index contributed by atoms with van der Waals surface area (Å²) in [5.74, 6) is 1.87. The molecule has 0 saturated heterocycles. The largest absolute Gasteiger partial charge is 0.454 e. The molecule has 1 heterocycles. The Morgan fingerprint density at radius 3 is 2.65 bits per heavy atom. The van der Waals surface area contributed by atoms with Gasteiger partial charge in [0.15, 0.2) is 11.5 Å². The van der Waals surface area contributed by atoms with E-state index in [4.69, 9.17) is 32.7 Å². The molecule has 7 nitrogen and oxygen atoms in total. The number of thioether (sulfide) groups is 1. The molecule has 11 heteroatoms. The number of sulfonamides is 1. The Balaban J connectivity index is 1.53. The van der Waals surface area contributed by atoms with Crippen LogP contribution in [0.5, 0.6) is 11.5 Å². The molecule has 1 amide bonds. The van der Waals surface area contributed by atoms with E-state index in [1.165, 1.54) is 6.92 Å². The third-order valence-corrected chi connectivity index (χ3v) is 7.96. The molecule has 2 aromatic carbocycles. The minimum atomic E-state index is -3.66. The molecule has 0 radical (unpaired) electrons. The van der Waals surface area contributed by atoms with Crippen molar-refractivity contribution < 1.29 is 22.7 Å². The number of hydrogen-bond donors (Lipinski definition) is 1. The minimum absolute atomic E-state index is 0.0830. The van der Waals surface area contributed by atoms with Crippen LogP contribution in [0.25, 0.3) is 0 Å². The number of halogens is 2. The molecule has 168 valence electrons. The van der Waals surface area contributed by atoms with E-state index in [1.54, 1.807) is 36.0 Å². The number of carbonyl (C=O) groups is 1. The van der Waals surface area contributed by atoms with Gasteiger partial charge in [-0.05, 0) is 36.8 Å². The monoisotopic (exact) mass is 504 g/mol. The van der Waals surface area contributed by atoms with Crippen molar-refractivity contribution in [2.45, 2.75) is 12.7 Å². The Hall–Kier alpha value is -1.81. The van der Waals surface area contributed by atoms with Gasteiger partial charge >= 0.3 is 0 Å². The molecule has 0 aliphatic carbocycles. The van der Waals surface area contributed by atoms with Crippen LogP contribution in [0.1, 0.15) is 12.5 Å². The van der Waals surface area contributed by atoms with Crippen LogP contribution in [0, 0.1) is 0 Å². The van der Waals surface area contributed by atoms with E-state index >= 15 is 0 Å². The van der Waals surface area contributed by atoms with Gasteiger partial charge in [0.25, 0.3) is 0 Å². The molecule has 3 rings (SSSR count). The maximum absolute atomic E-state index is 12.6. The standard InChI is InChI=1S/C20H22Cl2N2O5S2/c1-2-31(26,27)24(15-4-6-18-19(10-15)29-13-28-18)11-20(25)23-7-8-30-12-14-3-5-16(21)17(22)9-14/h3-6,9-10H,2,7-8,11-13H2,1H3,(H,23,25). The SMILES string of the molecule is CCS(=O)(=O)N(CC(=O)NCCSCc1ccc(Cl)c(Cl)c1)c1ccc2c(c1)OCO2. The van der Waals surface area contributed by atoms with Crippen molar-refractivity contribution in [2.24, 2.45) is 0 Å². The van der Waals surface area contributed by atoms with Crippen LogP contribution in [-0.4, -0.2) is 45.7 Å². The van der Waals surface area contributed by atoms with Crippen LogP contribution < -0.4 is 19.1 Å². The highest BCUT2D eigenvalue weighted by molar-refractivity contribution is 7.98. The molecule has 0 aromatic heterocycles. The van der Waals surface area contributed by atoms with Crippen molar-refractivity contribution in [3.63, 3.8) is 0 Å². The van der Waals surface area contributed by atoms with Gasteiger partial charge in [-0.25, -0.2) is 8.42 Å². The van der Waals surface area contributed by atoms with Crippen LogP contribution in [0.4, 0.5) is 5.69 Å². The summed E-state index contributed by atoms with van der Waals surface area (Å²) in [5.41, 5.74) is 1.39. The first-order valence-electron chi connectivity index (χ1n) is 9.48. The zero-order chi connectivity index (χ0) is 22.4. The van der Waals surface area contributed by atoms with Crippen molar-refractivity contribution in [2.75, 3.05) is 35.7 Å². The van der Waals surface area contributed by atoms with Gasteiger partial charge in [-0.15, -0.1) is 0 Å². The number of ether oxygens (including phenoxy) is 2. The zero-order valence-electron chi connectivity index (χ0n) is 16.8. The van der Waals surface area contributed by atoms with Crippen molar-refractivity contribution in [1.82, 2.24) is 5.32 Å². The summed E-state index contributed by atoms with van der Waals surface area (Å²) in [6.07, 6.45) is 0. The van der Waals surface area contributed by atoms with Gasteiger partial charge in [0.2, 0.25) is 22.7 Å². The van der Waals surface area contributed by atoms with Crippen LogP contribution in [0.15, 0.2) is 36.4 Å². The number of carbonyl (C=O) groups excluding carboxylic acids is 1. The molecular weight excluding hydrogens is 483 g/mol. The molecule has 1 aliphatic heterocycles. The summed E-state index contributed by atoms with van der Waals surface area (Å²) in [6, 6.07) is 10.3. The normalized spacial score (nSPS) is 12.6. The summed E-state index contributed by atoms with van der Waals surface area (Å²) < 4.78 is 36.8. The number of nitrogens with one attached hydrogen (secondary N) is 1. The fraction of sp³-hybridized carbons (Fsp3) is 0.350. The quantitative estimate of drug-likeness (QED) is 0.493. The van der Waals surface area contributed by atoms with Gasteiger partial charge in [-0.1, -0.05) is 29.3 Å². The van der Waals surface area contributed by atoms with Gasteiger partial charge in [-0.2, -0.15) is 11.8 Å². The Morgan fingerprint density at radius 2 is 1.90 bits per heavy atom. The summed E-state index contributed by atoms with van der Waals surface area (Å²) in [4.78, 5) is 12.4. The summed E-state index contributed by atoms with van der Waals surface area (Å²) in [6.45, 7) is 1.71. The number of nitrogens with zero attached hydrogens (tertiary/aromatic N) is 1. The Labute approximate surface area is 196 Å². The van der Waals surface area contributed by atoms with Gasteiger partial charge in [0.1, 0.15) is 6.54 Å². The first-order valence-corrected chi connectivity index (χ1v) is 13.0. The van der Waals surface area contributed by atoms with E-state index in [2.05, 4.69) is 5.32 Å². The Kier molecular flexibility index (Phi) is 8.21. The second-order valence-corrected chi connectivity index (χ2v) is 10.7. The molecule has 0 atom stereocenters.